The van der Waals surface area contributed by atoms with Crippen LogP contribution in [0.4, 0.5) is 5.69 Å². The number of amides is 1. The molecule has 0 bridgehead atoms. The first kappa shape index (κ1) is 18.4. The van der Waals surface area contributed by atoms with Crippen molar-refractivity contribution >= 4 is 23.2 Å². The second kappa shape index (κ2) is 9.36. The summed E-state index contributed by atoms with van der Waals surface area (Å²) < 4.78 is 5.36. The van der Waals surface area contributed by atoms with Crippen molar-refractivity contribution in [2.75, 3.05) is 11.9 Å². The molecule has 2 N–H and O–H groups in total. The standard InChI is InChI=1S/C19H18ClN3O2/c1-2-25-18-9-7-17(8-10-18)22-13-15(11-21)19(24)23-12-14-3-5-16(20)6-4-14/h3-10,13,22H,2,12H2,1H3,(H,23,24)/b15-13-. The molecule has 0 saturated heterocycles. The molecule has 0 aromatic heterocycles. The molecule has 0 radical (unpaired) electrons. The van der Waals surface area contributed by atoms with E-state index in [0.29, 0.717) is 18.2 Å². The van der Waals surface area contributed by atoms with E-state index in [2.05, 4.69) is 10.6 Å². The zero-order valence-corrected chi connectivity index (χ0v) is 14.5. The Bertz CT molecular complexity index is 778. The van der Waals surface area contributed by atoms with Gasteiger partial charge in [0.2, 0.25) is 0 Å². The molecule has 2 aromatic rings. The van der Waals surface area contributed by atoms with Crippen molar-refractivity contribution in [3.05, 3.63) is 70.9 Å². The maximum Gasteiger partial charge on any atom is 0.263 e. The molecule has 0 heterocycles. The Kier molecular flexibility index (Phi) is 6.87. The van der Waals surface area contributed by atoms with Gasteiger partial charge in [-0.05, 0) is 48.9 Å². The van der Waals surface area contributed by atoms with E-state index < -0.39 is 5.91 Å². The Balaban J connectivity index is 1.93. The van der Waals surface area contributed by atoms with Gasteiger partial charge in [0.1, 0.15) is 17.4 Å². The van der Waals surface area contributed by atoms with Crippen molar-refractivity contribution in [2.45, 2.75) is 13.5 Å². The third kappa shape index (κ3) is 5.87. The molecule has 0 fully saturated rings. The van der Waals surface area contributed by atoms with Crippen LogP contribution >= 0.6 is 11.6 Å². The number of halogens is 1. The van der Waals surface area contributed by atoms with Crippen LogP contribution < -0.4 is 15.4 Å². The van der Waals surface area contributed by atoms with Crippen molar-refractivity contribution in [1.29, 1.82) is 5.26 Å². The highest BCUT2D eigenvalue weighted by Crippen LogP contribution is 2.16. The summed E-state index contributed by atoms with van der Waals surface area (Å²) in [5.41, 5.74) is 1.64. The molecular formula is C19H18ClN3O2. The molecule has 0 aliphatic heterocycles. The minimum Gasteiger partial charge on any atom is -0.494 e. The monoisotopic (exact) mass is 355 g/mol. The number of nitrogens with zero attached hydrogens (tertiary/aromatic N) is 1. The van der Waals surface area contributed by atoms with Gasteiger partial charge in [0.25, 0.3) is 5.91 Å². The van der Waals surface area contributed by atoms with Gasteiger partial charge in [0.05, 0.1) is 6.61 Å². The lowest BCUT2D eigenvalue weighted by Crippen LogP contribution is -2.24. The molecular weight excluding hydrogens is 338 g/mol. The van der Waals surface area contributed by atoms with Crippen LogP contribution in [0.5, 0.6) is 5.75 Å². The van der Waals surface area contributed by atoms with Crippen LogP contribution in [0, 0.1) is 11.3 Å². The van der Waals surface area contributed by atoms with Gasteiger partial charge in [-0.25, -0.2) is 0 Å². The fraction of sp³-hybridized carbons (Fsp3) is 0.158. The summed E-state index contributed by atoms with van der Waals surface area (Å²) in [7, 11) is 0. The molecule has 1 amide bonds. The Hall–Kier alpha value is -2.97. The van der Waals surface area contributed by atoms with Crippen LogP contribution in [0.15, 0.2) is 60.3 Å². The maximum absolute atomic E-state index is 12.1. The van der Waals surface area contributed by atoms with Crippen LogP contribution in [0.3, 0.4) is 0 Å². The Labute approximate surface area is 151 Å². The topological polar surface area (TPSA) is 74.1 Å². The van der Waals surface area contributed by atoms with Gasteiger partial charge in [0.15, 0.2) is 0 Å². The lowest BCUT2D eigenvalue weighted by molar-refractivity contribution is -0.117. The number of nitrogens with one attached hydrogen (secondary N) is 2. The number of rotatable bonds is 7. The van der Waals surface area contributed by atoms with Crippen LogP contribution in [-0.2, 0) is 11.3 Å². The SMILES string of the molecule is CCOc1ccc(N/C=C(/C#N)C(=O)NCc2ccc(Cl)cc2)cc1. The number of anilines is 1. The number of nitriles is 1. The molecule has 2 aromatic carbocycles. The normalized spacial score (nSPS) is 10.7. The van der Waals surface area contributed by atoms with Crippen molar-refractivity contribution in [3.8, 4) is 11.8 Å². The van der Waals surface area contributed by atoms with Gasteiger partial charge in [-0.15, -0.1) is 0 Å². The highest BCUT2D eigenvalue weighted by Gasteiger charge is 2.08. The molecule has 0 atom stereocenters. The molecule has 0 saturated carbocycles. The highest BCUT2D eigenvalue weighted by atomic mass is 35.5. The number of carbonyl (C=O) groups is 1. The van der Waals surface area contributed by atoms with Crippen LogP contribution in [-0.4, -0.2) is 12.5 Å². The number of carbonyl (C=O) groups excluding carboxylic acids is 1. The summed E-state index contributed by atoms with van der Waals surface area (Å²) in [6.45, 7) is 2.83. The van der Waals surface area contributed by atoms with Crippen LogP contribution in [0.2, 0.25) is 5.02 Å². The zero-order valence-electron chi connectivity index (χ0n) is 13.8. The average molecular weight is 356 g/mol. The first-order valence-corrected chi connectivity index (χ1v) is 8.12. The second-order valence-electron chi connectivity index (χ2n) is 5.08. The second-order valence-corrected chi connectivity index (χ2v) is 5.52. The van der Waals surface area contributed by atoms with E-state index in [1.807, 2.05) is 49.4 Å². The molecule has 2 rings (SSSR count). The molecule has 128 valence electrons. The summed E-state index contributed by atoms with van der Waals surface area (Å²) >= 11 is 5.82. The van der Waals surface area contributed by atoms with Gasteiger partial charge < -0.3 is 15.4 Å². The summed E-state index contributed by atoms with van der Waals surface area (Å²) in [6.07, 6.45) is 1.38. The number of ether oxygens (including phenoxy) is 1. The van der Waals surface area contributed by atoms with Crippen LogP contribution in [0.1, 0.15) is 12.5 Å². The smallest absolute Gasteiger partial charge is 0.263 e. The van der Waals surface area contributed by atoms with Crippen molar-refractivity contribution in [3.63, 3.8) is 0 Å². The first-order valence-electron chi connectivity index (χ1n) is 7.74. The largest absolute Gasteiger partial charge is 0.494 e. The Morgan fingerprint density at radius 1 is 1.20 bits per heavy atom. The van der Waals surface area contributed by atoms with Crippen LogP contribution in [0.25, 0.3) is 0 Å². The predicted molar refractivity (Wildman–Crippen MR) is 98.2 cm³/mol. The third-order valence-electron chi connectivity index (χ3n) is 3.28. The lowest BCUT2D eigenvalue weighted by atomic mass is 10.2. The minimum absolute atomic E-state index is 0.0113. The molecule has 5 nitrogen and oxygen atoms in total. The summed E-state index contributed by atoms with van der Waals surface area (Å²) in [6, 6.07) is 16.3. The van der Waals surface area contributed by atoms with E-state index in [1.165, 1.54) is 6.20 Å². The molecule has 6 heteroatoms. The summed E-state index contributed by atoms with van der Waals surface area (Å²) in [5.74, 6) is 0.314. The maximum atomic E-state index is 12.1. The quantitative estimate of drug-likeness (QED) is 0.584. The van der Waals surface area contributed by atoms with Gasteiger partial charge >= 0.3 is 0 Å². The van der Waals surface area contributed by atoms with Gasteiger partial charge in [-0.1, -0.05) is 23.7 Å². The number of hydrogen-bond donors (Lipinski definition) is 2. The average Bonchev–Trinajstić information content (AvgIpc) is 2.63. The summed E-state index contributed by atoms with van der Waals surface area (Å²) in [4.78, 5) is 12.1. The van der Waals surface area contributed by atoms with Gasteiger partial charge in [0, 0.05) is 23.5 Å². The van der Waals surface area contributed by atoms with Gasteiger partial charge in [-0.2, -0.15) is 5.26 Å². The highest BCUT2D eigenvalue weighted by molar-refractivity contribution is 6.30. The Morgan fingerprint density at radius 2 is 1.88 bits per heavy atom. The van der Waals surface area contributed by atoms with E-state index in [-0.39, 0.29) is 5.57 Å². The minimum atomic E-state index is -0.448. The van der Waals surface area contributed by atoms with Crippen molar-refractivity contribution < 1.29 is 9.53 Å². The van der Waals surface area contributed by atoms with E-state index in [4.69, 9.17) is 21.6 Å². The summed E-state index contributed by atoms with van der Waals surface area (Å²) in [5, 5.41) is 15.4. The number of hydrogen-bond acceptors (Lipinski definition) is 4. The molecule has 25 heavy (non-hydrogen) atoms. The van der Waals surface area contributed by atoms with Crippen molar-refractivity contribution in [1.82, 2.24) is 5.32 Å². The van der Waals surface area contributed by atoms with E-state index in [0.717, 1.165) is 17.0 Å². The third-order valence-corrected chi connectivity index (χ3v) is 3.53. The fourth-order valence-corrected chi connectivity index (χ4v) is 2.12. The van der Waals surface area contributed by atoms with Gasteiger partial charge in [-0.3, -0.25) is 4.79 Å². The first-order chi connectivity index (χ1) is 12.1. The Morgan fingerprint density at radius 3 is 2.48 bits per heavy atom. The van der Waals surface area contributed by atoms with E-state index in [9.17, 15) is 4.79 Å². The van der Waals surface area contributed by atoms with E-state index in [1.54, 1.807) is 12.1 Å². The zero-order chi connectivity index (χ0) is 18.1. The molecule has 0 aliphatic rings. The van der Waals surface area contributed by atoms with E-state index >= 15 is 0 Å². The predicted octanol–water partition coefficient (Wildman–Crippen LogP) is 3.87. The molecule has 0 aliphatic carbocycles. The lowest BCUT2D eigenvalue weighted by Gasteiger charge is -2.07. The molecule has 0 spiro atoms. The fourth-order valence-electron chi connectivity index (χ4n) is 2.00. The van der Waals surface area contributed by atoms with Crippen molar-refractivity contribution in [2.24, 2.45) is 0 Å². The molecule has 0 unspecified atom stereocenters. The number of benzene rings is 2.